The van der Waals surface area contributed by atoms with E-state index in [0.29, 0.717) is 31.4 Å². The molecule has 0 radical (unpaired) electrons. The summed E-state index contributed by atoms with van der Waals surface area (Å²) >= 11 is 5.94. The first-order valence-electron chi connectivity index (χ1n) is 14.1. The highest BCUT2D eigenvalue weighted by Gasteiger charge is 2.36. The molecule has 2 aliphatic heterocycles. The zero-order valence-electron chi connectivity index (χ0n) is 24.7. The van der Waals surface area contributed by atoms with Crippen molar-refractivity contribution >= 4 is 33.2 Å². The lowest BCUT2D eigenvalue weighted by atomic mass is 9.89. The van der Waals surface area contributed by atoms with Crippen molar-refractivity contribution in [3.8, 4) is 0 Å². The van der Waals surface area contributed by atoms with Gasteiger partial charge in [0.25, 0.3) is 0 Å². The minimum absolute atomic E-state index is 0.0265. The van der Waals surface area contributed by atoms with Gasteiger partial charge in [0, 0.05) is 41.8 Å². The standard InChI is InChI=1S/C23H24ClFN2O4S.C6H14O2.C2H4/c24-18-4-7-20-21(28)15-27(32(30,31)22(20)14-18)11-1-10-26-12-8-17(9-13-26)23(29)16-2-5-19(25)6-3-16;1-4-7-6(3)8-5-2;1-2/h2-7,14,17H,1,8-13,15H2;6H,4-5H2,1-3H3;1-2H2. The first-order chi connectivity index (χ1) is 20.1. The van der Waals surface area contributed by atoms with Gasteiger partial charge in [0.15, 0.2) is 17.9 Å². The van der Waals surface area contributed by atoms with Gasteiger partial charge in [-0.05, 0) is 102 Å². The van der Waals surface area contributed by atoms with Gasteiger partial charge >= 0.3 is 0 Å². The molecule has 0 saturated carbocycles. The van der Waals surface area contributed by atoms with Crippen LogP contribution in [0, 0.1) is 11.7 Å². The normalized spacial score (nSPS) is 17.0. The molecule has 2 aromatic rings. The predicted molar refractivity (Wildman–Crippen MR) is 163 cm³/mol. The van der Waals surface area contributed by atoms with Crippen molar-refractivity contribution < 1.29 is 31.9 Å². The molecule has 8 nitrogen and oxygen atoms in total. The molecule has 2 heterocycles. The SMILES string of the molecule is C=C.CCOC(C)OCC.O=C1CN(CCCN2CCC(C(=O)c3ccc(F)cc3)CC2)S(=O)(=O)c2cc(Cl)ccc21. The van der Waals surface area contributed by atoms with Crippen LogP contribution in [-0.2, 0) is 19.5 Å². The lowest BCUT2D eigenvalue weighted by molar-refractivity contribution is -0.123. The maximum absolute atomic E-state index is 13.1. The zero-order valence-corrected chi connectivity index (χ0v) is 26.3. The molecule has 2 aliphatic rings. The number of nitrogens with zero attached hydrogens (tertiary/aromatic N) is 2. The molecule has 1 saturated heterocycles. The maximum atomic E-state index is 13.1. The number of halogens is 2. The summed E-state index contributed by atoms with van der Waals surface area (Å²) in [4.78, 5) is 27.2. The molecule has 2 aromatic carbocycles. The van der Waals surface area contributed by atoms with Crippen molar-refractivity contribution in [1.29, 1.82) is 0 Å². The molecule has 232 valence electrons. The van der Waals surface area contributed by atoms with E-state index >= 15 is 0 Å². The molecule has 0 unspecified atom stereocenters. The fraction of sp³-hybridized carbons (Fsp3) is 0.484. The molecule has 42 heavy (non-hydrogen) atoms. The van der Waals surface area contributed by atoms with E-state index in [0.717, 1.165) is 26.3 Å². The number of ether oxygens (including phenoxy) is 2. The van der Waals surface area contributed by atoms with Gasteiger partial charge in [0.2, 0.25) is 10.0 Å². The van der Waals surface area contributed by atoms with Gasteiger partial charge in [0.1, 0.15) is 5.82 Å². The lowest BCUT2D eigenvalue weighted by Crippen LogP contribution is -2.43. The number of likely N-dealkylation sites (tertiary alicyclic amines) is 1. The number of hydrogen-bond donors (Lipinski definition) is 0. The van der Waals surface area contributed by atoms with Gasteiger partial charge in [-0.3, -0.25) is 9.59 Å². The fourth-order valence-electron chi connectivity index (χ4n) is 4.87. The number of fused-ring (bicyclic) bond motifs is 1. The molecular formula is C31H42ClFN2O6S. The van der Waals surface area contributed by atoms with E-state index < -0.39 is 10.0 Å². The highest BCUT2D eigenvalue weighted by molar-refractivity contribution is 7.89. The third kappa shape index (κ3) is 10.1. The molecule has 0 aliphatic carbocycles. The van der Waals surface area contributed by atoms with Crippen LogP contribution in [0.1, 0.15) is 60.7 Å². The molecule has 11 heteroatoms. The summed E-state index contributed by atoms with van der Waals surface area (Å²) in [6.45, 7) is 15.5. The molecule has 0 bridgehead atoms. The van der Waals surface area contributed by atoms with Gasteiger partial charge in [-0.2, -0.15) is 4.31 Å². The monoisotopic (exact) mass is 624 g/mol. The Bertz CT molecular complexity index is 1260. The van der Waals surface area contributed by atoms with Crippen molar-refractivity contribution in [3.63, 3.8) is 0 Å². The van der Waals surface area contributed by atoms with Crippen LogP contribution >= 0.6 is 11.6 Å². The Hall–Kier alpha value is -2.47. The highest BCUT2D eigenvalue weighted by atomic mass is 35.5. The second-order valence-electron chi connectivity index (χ2n) is 9.72. The average molecular weight is 625 g/mol. The van der Waals surface area contributed by atoms with E-state index in [1.54, 1.807) is 0 Å². The molecule has 0 atom stereocenters. The van der Waals surface area contributed by atoms with E-state index in [2.05, 4.69) is 18.1 Å². The van der Waals surface area contributed by atoms with Gasteiger partial charge in [-0.15, -0.1) is 13.2 Å². The van der Waals surface area contributed by atoms with E-state index in [1.165, 1.54) is 46.8 Å². The van der Waals surface area contributed by atoms with Crippen LogP contribution in [0.15, 0.2) is 60.5 Å². The number of rotatable bonds is 10. The number of ketones is 2. The van der Waals surface area contributed by atoms with Gasteiger partial charge in [-0.1, -0.05) is 11.6 Å². The minimum Gasteiger partial charge on any atom is -0.353 e. The number of carbonyl (C=O) groups excluding carboxylic acids is 2. The van der Waals surface area contributed by atoms with Crippen LogP contribution in [0.25, 0.3) is 0 Å². The largest absolute Gasteiger partial charge is 0.353 e. The topological polar surface area (TPSA) is 93.2 Å². The second kappa shape index (κ2) is 17.6. The van der Waals surface area contributed by atoms with E-state index in [1.807, 2.05) is 20.8 Å². The summed E-state index contributed by atoms with van der Waals surface area (Å²) in [5.41, 5.74) is 0.726. The number of carbonyl (C=O) groups is 2. The van der Waals surface area contributed by atoms with Gasteiger partial charge < -0.3 is 14.4 Å². The molecule has 0 amide bonds. The fourth-order valence-corrected chi connectivity index (χ4v) is 6.77. The summed E-state index contributed by atoms with van der Waals surface area (Å²) in [7, 11) is -3.76. The smallest absolute Gasteiger partial charge is 0.244 e. The Kier molecular flexibility index (Phi) is 15.0. The first kappa shape index (κ1) is 35.7. The van der Waals surface area contributed by atoms with Crippen LogP contribution in [0.2, 0.25) is 5.02 Å². The maximum Gasteiger partial charge on any atom is 0.244 e. The molecule has 0 spiro atoms. The number of piperidine rings is 1. The Balaban J connectivity index is 0.000000535. The van der Waals surface area contributed by atoms with Crippen molar-refractivity contribution in [2.45, 2.75) is 51.2 Å². The quantitative estimate of drug-likeness (QED) is 0.186. The van der Waals surface area contributed by atoms with E-state index in [-0.39, 0.29) is 58.2 Å². The second-order valence-corrected chi connectivity index (χ2v) is 12.1. The van der Waals surface area contributed by atoms with Crippen LogP contribution < -0.4 is 0 Å². The summed E-state index contributed by atoms with van der Waals surface area (Å²) in [6.07, 6.45) is 1.97. The van der Waals surface area contributed by atoms with Crippen molar-refractivity contribution in [3.05, 3.63) is 77.6 Å². The third-order valence-corrected chi connectivity index (χ3v) is 9.07. The summed E-state index contributed by atoms with van der Waals surface area (Å²) in [5, 5.41) is 0.278. The van der Waals surface area contributed by atoms with E-state index in [4.69, 9.17) is 21.1 Å². The lowest BCUT2D eigenvalue weighted by Gasteiger charge is -2.32. The number of sulfonamides is 1. The summed E-state index contributed by atoms with van der Waals surface area (Å²) in [5.74, 6) is -0.634. The Morgan fingerprint density at radius 1 is 1.05 bits per heavy atom. The molecular weight excluding hydrogens is 583 g/mol. The van der Waals surface area contributed by atoms with Gasteiger partial charge in [-0.25, -0.2) is 12.8 Å². The molecule has 4 rings (SSSR count). The molecule has 0 N–H and O–H groups in total. The predicted octanol–water partition coefficient (Wildman–Crippen LogP) is 5.86. The van der Waals surface area contributed by atoms with Crippen molar-refractivity contribution in [1.82, 2.24) is 9.21 Å². The van der Waals surface area contributed by atoms with Crippen LogP contribution in [0.4, 0.5) is 4.39 Å². The summed E-state index contributed by atoms with van der Waals surface area (Å²) in [6, 6.07) is 9.97. The van der Waals surface area contributed by atoms with Crippen LogP contribution in [0.5, 0.6) is 0 Å². The average Bonchev–Trinajstić information content (AvgIpc) is 2.98. The summed E-state index contributed by atoms with van der Waals surface area (Å²) < 4.78 is 50.2. The Morgan fingerprint density at radius 3 is 2.21 bits per heavy atom. The zero-order chi connectivity index (χ0) is 31.3. The number of hydrogen-bond acceptors (Lipinski definition) is 7. The molecule has 1 fully saturated rings. The van der Waals surface area contributed by atoms with E-state index in [9.17, 15) is 22.4 Å². The number of benzene rings is 2. The minimum atomic E-state index is -3.76. The third-order valence-electron chi connectivity index (χ3n) is 6.95. The van der Waals surface area contributed by atoms with Crippen LogP contribution in [-0.4, -0.2) is 81.4 Å². The van der Waals surface area contributed by atoms with Gasteiger partial charge in [0.05, 0.1) is 11.4 Å². The highest BCUT2D eigenvalue weighted by Crippen LogP contribution is 2.29. The Morgan fingerprint density at radius 2 is 1.64 bits per heavy atom. The van der Waals surface area contributed by atoms with Crippen LogP contribution in [0.3, 0.4) is 0 Å². The first-order valence-corrected chi connectivity index (χ1v) is 16.0. The Labute approximate surface area is 254 Å². The molecule has 0 aromatic heterocycles. The van der Waals surface area contributed by atoms with Crippen molar-refractivity contribution in [2.75, 3.05) is 45.9 Å². The number of Topliss-reactive ketones (excluding diaryl/α,β-unsaturated/α-hetero) is 2. The van der Waals surface area contributed by atoms with Crippen molar-refractivity contribution in [2.24, 2.45) is 5.92 Å².